The molecule has 0 aliphatic rings. The van der Waals surface area contributed by atoms with Crippen LogP contribution in [-0.4, -0.2) is 15.9 Å². The molecule has 0 aliphatic heterocycles. The van der Waals surface area contributed by atoms with E-state index in [1.54, 1.807) is 24.5 Å². The predicted octanol–water partition coefficient (Wildman–Crippen LogP) is -1.40. The van der Waals surface area contributed by atoms with E-state index >= 15 is 0 Å². The summed E-state index contributed by atoms with van der Waals surface area (Å²) < 4.78 is 0. The Labute approximate surface area is 79.6 Å². The molecule has 5 heteroatoms. The van der Waals surface area contributed by atoms with E-state index in [-0.39, 0.29) is 0 Å². The summed E-state index contributed by atoms with van der Waals surface area (Å²) in [6.07, 6.45) is 3.24. The van der Waals surface area contributed by atoms with Gasteiger partial charge in [0.15, 0.2) is 6.04 Å². The maximum absolute atomic E-state index is 10.6. The molecule has 0 bridgehead atoms. The Morgan fingerprint density at radius 3 is 3.14 bits per heavy atom. The van der Waals surface area contributed by atoms with E-state index < -0.39 is 12.0 Å². The molecule has 0 aliphatic carbocycles. The highest BCUT2D eigenvalue weighted by atomic mass is 16.4. The van der Waals surface area contributed by atoms with Gasteiger partial charge in [-0.3, -0.25) is 0 Å². The third kappa shape index (κ3) is 1.23. The minimum Gasteiger partial charge on any atom is -0.544 e. The highest BCUT2D eigenvalue weighted by Gasteiger charge is 2.15. The monoisotopic (exact) mass is 191 g/mol. The number of nitrogens with one attached hydrogen (secondary N) is 1. The summed E-state index contributed by atoms with van der Waals surface area (Å²) in [5.74, 6) is -1.19. The van der Waals surface area contributed by atoms with Gasteiger partial charge >= 0.3 is 0 Å². The van der Waals surface area contributed by atoms with Crippen molar-refractivity contribution >= 4 is 17.0 Å². The van der Waals surface area contributed by atoms with Gasteiger partial charge in [0, 0.05) is 23.3 Å². The predicted molar refractivity (Wildman–Crippen MR) is 46.7 cm³/mol. The van der Waals surface area contributed by atoms with Crippen LogP contribution in [0.3, 0.4) is 0 Å². The number of hydrogen-bond acceptors (Lipinski definition) is 3. The molecule has 72 valence electrons. The molecule has 1 atom stereocenters. The lowest BCUT2D eigenvalue weighted by molar-refractivity contribution is -0.442. The van der Waals surface area contributed by atoms with Gasteiger partial charge in [-0.25, -0.2) is 4.98 Å². The molecule has 2 heterocycles. The SMILES string of the molecule is [NH3+][C@H](C(=O)[O-])c1c[nH]c2ncccc12. The Kier molecular flexibility index (Phi) is 1.94. The summed E-state index contributed by atoms with van der Waals surface area (Å²) in [6.45, 7) is 0. The number of H-pyrrole nitrogens is 1. The van der Waals surface area contributed by atoms with Gasteiger partial charge in [0.25, 0.3) is 0 Å². The molecule has 0 aromatic carbocycles. The third-order valence-electron chi connectivity index (χ3n) is 2.14. The van der Waals surface area contributed by atoms with Crippen molar-refractivity contribution < 1.29 is 15.6 Å². The second-order valence-electron chi connectivity index (χ2n) is 3.02. The number of nitrogens with zero attached hydrogens (tertiary/aromatic N) is 1. The fourth-order valence-electron chi connectivity index (χ4n) is 1.39. The molecule has 0 spiro atoms. The molecule has 0 radical (unpaired) electrons. The fraction of sp³-hybridized carbons (Fsp3) is 0.111. The van der Waals surface area contributed by atoms with E-state index in [1.807, 2.05) is 0 Å². The van der Waals surface area contributed by atoms with Gasteiger partial charge in [0.1, 0.15) is 11.6 Å². The van der Waals surface area contributed by atoms with Crippen molar-refractivity contribution in [3.63, 3.8) is 0 Å². The average molecular weight is 191 g/mol. The second kappa shape index (κ2) is 3.12. The molecule has 2 aromatic heterocycles. The zero-order valence-electron chi connectivity index (χ0n) is 7.36. The Morgan fingerprint density at radius 1 is 1.64 bits per heavy atom. The van der Waals surface area contributed by atoms with Crippen LogP contribution in [0.15, 0.2) is 24.5 Å². The van der Waals surface area contributed by atoms with Crippen LogP contribution in [0, 0.1) is 0 Å². The summed E-state index contributed by atoms with van der Waals surface area (Å²) in [4.78, 5) is 17.6. The van der Waals surface area contributed by atoms with Crippen LogP contribution in [0.1, 0.15) is 11.6 Å². The van der Waals surface area contributed by atoms with Gasteiger partial charge in [-0.2, -0.15) is 0 Å². The van der Waals surface area contributed by atoms with Gasteiger partial charge in [-0.05, 0) is 12.1 Å². The molecule has 0 unspecified atom stereocenters. The number of fused-ring (bicyclic) bond motifs is 1. The standard InChI is InChI=1S/C9H9N3O2/c10-7(9(13)14)6-4-12-8-5(6)2-1-3-11-8/h1-4,7H,10H2,(H,11,12)(H,13,14)/t7-/m0/s1. The van der Waals surface area contributed by atoms with E-state index in [1.165, 1.54) is 0 Å². The number of aromatic nitrogens is 2. The largest absolute Gasteiger partial charge is 0.544 e. The van der Waals surface area contributed by atoms with E-state index in [9.17, 15) is 9.90 Å². The highest BCUT2D eigenvalue weighted by Crippen LogP contribution is 2.19. The maximum Gasteiger partial charge on any atom is 0.152 e. The zero-order valence-corrected chi connectivity index (χ0v) is 7.36. The number of pyridine rings is 1. The maximum atomic E-state index is 10.6. The second-order valence-corrected chi connectivity index (χ2v) is 3.02. The van der Waals surface area contributed by atoms with E-state index in [2.05, 4.69) is 15.7 Å². The van der Waals surface area contributed by atoms with Crippen LogP contribution in [0.2, 0.25) is 0 Å². The minimum atomic E-state index is -1.19. The molecule has 4 N–H and O–H groups in total. The lowest BCUT2D eigenvalue weighted by atomic mass is 10.1. The van der Waals surface area contributed by atoms with E-state index in [0.29, 0.717) is 11.2 Å². The Hall–Kier alpha value is -1.88. The van der Waals surface area contributed by atoms with Gasteiger partial charge in [-0.15, -0.1) is 0 Å². The van der Waals surface area contributed by atoms with Crippen molar-refractivity contribution in [2.45, 2.75) is 6.04 Å². The number of carboxylic acid groups (broad SMARTS) is 1. The molecule has 2 aromatic rings. The number of hydrogen-bond donors (Lipinski definition) is 2. The first-order chi connectivity index (χ1) is 6.70. The molecular formula is C9H9N3O2. The number of carbonyl (C=O) groups is 1. The van der Waals surface area contributed by atoms with E-state index in [4.69, 9.17) is 0 Å². The van der Waals surface area contributed by atoms with Crippen molar-refractivity contribution in [1.29, 1.82) is 0 Å². The summed E-state index contributed by atoms with van der Waals surface area (Å²) in [7, 11) is 0. The smallest absolute Gasteiger partial charge is 0.152 e. The first-order valence-electron chi connectivity index (χ1n) is 4.16. The summed E-state index contributed by atoms with van der Waals surface area (Å²) in [5.41, 5.74) is 4.79. The zero-order chi connectivity index (χ0) is 10.1. The van der Waals surface area contributed by atoms with Crippen LogP contribution in [0.25, 0.3) is 11.0 Å². The van der Waals surface area contributed by atoms with Crippen molar-refractivity contribution in [1.82, 2.24) is 9.97 Å². The molecule has 0 fully saturated rings. The lowest BCUT2D eigenvalue weighted by Crippen LogP contribution is -2.60. The van der Waals surface area contributed by atoms with Gasteiger partial charge < -0.3 is 20.6 Å². The Balaban J connectivity index is 2.58. The number of aliphatic carboxylic acids is 1. The van der Waals surface area contributed by atoms with Crippen molar-refractivity contribution in [3.8, 4) is 0 Å². The third-order valence-corrected chi connectivity index (χ3v) is 2.14. The minimum absolute atomic E-state index is 0.605. The number of carboxylic acids is 1. The lowest BCUT2D eigenvalue weighted by Gasteiger charge is -2.07. The molecule has 0 saturated heterocycles. The first-order valence-corrected chi connectivity index (χ1v) is 4.16. The normalized spacial score (nSPS) is 12.9. The van der Waals surface area contributed by atoms with Crippen molar-refractivity contribution in [2.24, 2.45) is 0 Å². The quantitative estimate of drug-likeness (QED) is 0.610. The number of quaternary nitrogens is 1. The number of carbonyl (C=O) groups excluding carboxylic acids is 1. The molecule has 0 saturated carbocycles. The molecular weight excluding hydrogens is 182 g/mol. The van der Waals surface area contributed by atoms with Crippen LogP contribution in [0.4, 0.5) is 0 Å². The molecule has 2 rings (SSSR count). The van der Waals surface area contributed by atoms with Crippen LogP contribution >= 0.6 is 0 Å². The highest BCUT2D eigenvalue weighted by molar-refractivity contribution is 5.85. The van der Waals surface area contributed by atoms with Crippen LogP contribution in [-0.2, 0) is 4.79 Å². The van der Waals surface area contributed by atoms with Crippen LogP contribution < -0.4 is 10.8 Å². The molecule has 0 amide bonds. The van der Waals surface area contributed by atoms with E-state index in [0.717, 1.165) is 5.39 Å². The fourth-order valence-corrected chi connectivity index (χ4v) is 1.39. The number of aromatic amines is 1. The summed E-state index contributed by atoms with van der Waals surface area (Å²) in [6, 6.07) is 2.68. The first kappa shape index (κ1) is 8.71. The van der Waals surface area contributed by atoms with Crippen molar-refractivity contribution in [3.05, 3.63) is 30.1 Å². The van der Waals surface area contributed by atoms with Crippen LogP contribution in [0.5, 0.6) is 0 Å². The average Bonchev–Trinajstić information content (AvgIpc) is 2.60. The Morgan fingerprint density at radius 2 is 2.43 bits per heavy atom. The molecule has 14 heavy (non-hydrogen) atoms. The van der Waals surface area contributed by atoms with Crippen molar-refractivity contribution in [2.75, 3.05) is 0 Å². The topological polar surface area (TPSA) is 96.5 Å². The Bertz CT molecular complexity index is 478. The number of rotatable bonds is 2. The van der Waals surface area contributed by atoms with Gasteiger partial charge in [-0.1, -0.05) is 0 Å². The molecule has 5 nitrogen and oxygen atoms in total. The van der Waals surface area contributed by atoms with Gasteiger partial charge in [0.2, 0.25) is 0 Å². The summed E-state index contributed by atoms with van der Waals surface area (Å²) in [5, 5.41) is 11.4. The van der Waals surface area contributed by atoms with Gasteiger partial charge in [0.05, 0.1) is 0 Å². The summed E-state index contributed by atoms with van der Waals surface area (Å²) >= 11 is 0.